The summed E-state index contributed by atoms with van der Waals surface area (Å²) in [4.78, 5) is 28.6. The number of fused-ring (bicyclic) bond motifs is 1. The molecule has 0 saturated heterocycles. The van der Waals surface area contributed by atoms with Crippen LogP contribution in [-0.4, -0.2) is 39.0 Å². The van der Waals surface area contributed by atoms with E-state index in [0.717, 1.165) is 29.2 Å². The number of H-pyrrole nitrogens is 1. The van der Waals surface area contributed by atoms with Gasteiger partial charge in [0.25, 0.3) is 5.56 Å². The molecular formula is C19H24F3N3O3S. The molecule has 3 rings (SSSR count). The van der Waals surface area contributed by atoms with E-state index in [9.17, 15) is 18.0 Å². The molecule has 1 aliphatic rings. The number of aromatic amines is 1. The predicted molar refractivity (Wildman–Crippen MR) is 107 cm³/mol. The molecule has 0 atom stereocenters. The third kappa shape index (κ3) is 6.74. The smallest absolute Gasteiger partial charge is 0.475 e. The lowest BCUT2D eigenvalue weighted by Crippen LogP contribution is -2.22. The number of alkyl halides is 3. The van der Waals surface area contributed by atoms with Gasteiger partial charge >= 0.3 is 12.1 Å². The summed E-state index contributed by atoms with van der Waals surface area (Å²) < 4.78 is 31.7. The van der Waals surface area contributed by atoms with Crippen LogP contribution in [0.15, 0.2) is 23.0 Å². The first-order valence-electron chi connectivity index (χ1n) is 9.22. The Morgan fingerprint density at radius 2 is 1.93 bits per heavy atom. The maximum absolute atomic E-state index is 12.2. The van der Waals surface area contributed by atoms with Gasteiger partial charge in [0.05, 0.1) is 16.7 Å². The molecule has 1 fully saturated rings. The third-order valence-corrected chi connectivity index (χ3v) is 6.20. The zero-order chi connectivity index (χ0) is 21.6. The van der Waals surface area contributed by atoms with Crippen LogP contribution in [0.5, 0.6) is 0 Å². The second kappa shape index (κ2) is 10.1. The van der Waals surface area contributed by atoms with Crippen LogP contribution in [0.3, 0.4) is 0 Å². The molecule has 10 heteroatoms. The average molecular weight is 431 g/mol. The normalized spacial score (nSPS) is 19.5. The number of carboxylic acid groups (broad SMARTS) is 1. The van der Waals surface area contributed by atoms with E-state index >= 15 is 0 Å². The maximum atomic E-state index is 12.2. The van der Waals surface area contributed by atoms with Crippen LogP contribution >= 0.6 is 11.8 Å². The van der Waals surface area contributed by atoms with Crippen LogP contribution in [0.25, 0.3) is 10.9 Å². The van der Waals surface area contributed by atoms with Gasteiger partial charge in [-0.2, -0.15) is 24.9 Å². The van der Waals surface area contributed by atoms with E-state index in [1.807, 2.05) is 36.9 Å². The Bertz CT molecular complexity index is 894. The van der Waals surface area contributed by atoms with Crippen molar-refractivity contribution in [3.05, 3.63) is 39.9 Å². The fraction of sp³-hybridized carbons (Fsp3) is 0.526. The SMILES string of the molecule is Cc1cccc2c(=O)[nH]c(CS[C@H]3CC[C@@H](CN)CC3)nc12.O=C(O)C(F)(F)F. The van der Waals surface area contributed by atoms with Crippen molar-refractivity contribution in [3.63, 3.8) is 0 Å². The highest BCUT2D eigenvalue weighted by Gasteiger charge is 2.38. The molecule has 6 nitrogen and oxygen atoms in total. The molecule has 1 saturated carbocycles. The Kier molecular flexibility index (Phi) is 8.09. The molecule has 0 amide bonds. The van der Waals surface area contributed by atoms with Gasteiger partial charge in [-0.3, -0.25) is 4.79 Å². The summed E-state index contributed by atoms with van der Waals surface area (Å²) in [5.74, 6) is -0.486. The summed E-state index contributed by atoms with van der Waals surface area (Å²) in [7, 11) is 0. The highest BCUT2D eigenvalue weighted by atomic mass is 32.2. The lowest BCUT2D eigenvalue weighted by atomic mass is 9.89. The predicted octanol–water partition coefficient (Wildman–Crippen LogP) is 3.62. The second-order valence-electron chi connectivity index (χ2n) is 6.98. The Morgan fingerprint density at radius 3 is 2.48 bits per heavy atom. The zero-order valence-electron chi connectivity index (χ0n) is 16.0. The number of aromatic nitrogens is 2. The number of benzene rings is 1. The van der Waals surface area contributed by atoms with Gasteiger partial charge in [0.2, 0.25) is 0 Å². The van der Waals surface area contributed by atoms with Gasteiger partial charge in [0.1, 0.15) is 5.82 Å². The number of nitrogens with one attached hydrogen (secondary N) is 1. The Hall–Kier alpha value is -2.07. The van der Waals surface area contributed by atoms with E-state index < -0.39 is 12.1 Å². The second-order valence-corrected chi connectivity index (χ2v) is 8.26. The van der Waals surface area contributed by atoms with Crippen LogP contribution in [0.4, 0.5) is 13.2 Å². The zero-order valence-corrected chi connectivity index (χ0v) is 16.8. The number of carbonyl (C=O) groups is 1. The number of rotatable bonds is 4. The number of para-hydroxylation sites is 1. The summed E-state index contributed by atoms with van der Waals surface area (Å²) in [6.07, 6.45) is -0.170. The molecule has 0 radical (unpaired) electrons. The molecule has 2 aromatic rings. The summed E-state index contributed by atoms with van der Waals surface area (Å²) in [6, 6.07) is 5.73. The molecule has 1 aliphatic carbocycles. The number of aryl methyl sites for hydroxylation is 1. The van der Waals surface area contributed by atoms with E-state index in [1.165, 1.54) is 25.7 Å². The highest BCUT2D eigenvalue weighted by molar-refractivity contribution is 7.99. The minimum Gasteiger partial charge on any atom is -0.475 e. The maximum Gasteiger partial charge on any atom is 0.490 e. The highest BCUT2D eigenvalue weighted by Crippen LogP contribution is 2.32. The molecule has 1 aromatic heterocycles. The van der Waals surface area contributed by atoms with E-state index in [4.69, 9.17) is 15.6 Å². The van der Waals surface area contributed by atoms with Crippen LogP contribution in [0, 0.1) is 12.8 Å². The fourth-order valence-electron chi connectivity index (χ4n) is 3.15. The van der Waals surface area contributed by atoms with Crippen molar-refractivity contribution in [1.29, 1.82) is 0 Å². The molecule has 1 aromatic carbocycles. The van der Waals surface area contributed by atoms with Crippen molar-refractivity contribution in [3.8, 4) is 0 Å². The minimum atomic E-state index is -5.08. The van der Waals surface area contributed by atoms with Gasteiger partial charge < -0.3 is 15.8 Å². The van der Waals surface area contributed by atoms with Crippen molar-refractivity contribution in [1.82, 2.24) is 9.97 Å². The number of aliphatic carboxylic acids is 1. The summed E-state index contributed by atoms with van der Waals surface area (Å²) in [5, 5.41) is 8.47. The first-order valence-corrected chi connectivity index (χ1v) is 10.3. The first kappa shape index (κ1) is 23.2. The number of halogens is 3. The van der Waals surface area contributed by atoms with Crippen molar-refractivity contribution in [2.24, 2.45) is 11.7 Å². The van der Waals surface area contributed by atoms with Gasteiger partial charge in [0, 0.05) is 5.25 Å². The van der Waals surface area contributed by atoms with Gasteiger partial charge in [-0.1, -0.05) is 12.1 Å². The topological polar surface area (TPSA) is 109 Å². The molecule has 0 aliphatic heterocycles. The lowest BCUT2D eigenvalue weighted by molar-refractivity contribution is -0.192. The Morgan fingerprint density at radius 1 is 1.31 bits per heavy atom. The average Bonchev–Trinajstić information content (AvgIpc) is 2.67. The van der Waals surface area contributed by atoms with Gasteiger partial charge in [-0.15, -0.1) is 0 Å². The standard InChI is InChI=1S/C17H23N3OS.C2HF3O2/c1-11-3-2-4-14-16(11)19-15(20-17(14)21)10-22-13-7-5-12(9-18)6-8-13;3-2(4,5)1(6)7/h2-4,12-13H,5-10,18H2,1H3,(H,19,20,21);(H,6,7)/t12-,13+;. The van der Waals surface area contributed by atoms with Gasteiger partial charge in [-0.25, -0.2) is 9.78 Å². The quantitative estimate of drug-likeness (QED) is 0.682. The molecular weight excluding hydrogens is 407 g/mol. The van der Waals surface area contributed by atoms with E-state index in [-0.39, 0.29) is 5.56 Å². The van der Waals surface area contributed by atoms with Gasteiger partial charge in [0.15, 0.2) is 0 Å². The lowest BCUT2D eigenvalue weighted by Gasteiger charge is -2.27. The van der Waals surface area contributed by atoms with Crippen LogP contribution in [0.1, 0.15) is 37.1 Å². The molecule has 160 valence electrons. The molecule has 0 spiro atoms. The fourth-order valence-corrected chi connectivity index (χ4v) is 4.29. The number of hydrogen-bond acceptors (Lipinski definition) is 5. The first-order chi connectivity index (χ1) is 13.6. The molecule has 29 heavy (non-hydrogen) atoms. The summed E-state index contributed by atoms with van der Waals surface area (Å²) >= 11 is 1.91. The number of hydrogen-bond donors (Lipinski definition) is 3. The number of nitrogens with zero attached hydrogens (tertiary/aromatic N) is 1. The van der Waals surface area contributed by atoms with Crippen molar-refractivity contribution >= 4 is 28.6 Å². The van der Waals surface area contributed by atoms with E-state index in [0.29, 0.717) is 16.6 Å². The number of nitrogens with two attached hydrogens (primary N) is 1. The third-order valence-electron chi connectivity index (χ3n) is 4.81. The van der Waals surface area contributed by atoms with Crippen molar-refractivity contribution < 1.29 is 23.1 Å². The van der Waals surface area contributed by atoms with Crippen LogP contribution in [0.2, 0.25) is 0 Å². The van der Waals surface area contributed by atoms with Crippen LogP contribution in [-0.2, 0) is 10.5 Å². The van der Waals surface area contributed by atoms with Crippen molar-refractivity contribution in [2.45, 2.75) is 49.8 Å². The summed E-state index contributed by atoms with van der Waals surface area (Å²) in [6.45, 7) is 2.82. The van der Waals surface area contributed by atoms with Crippen LogP contribution < -0.4 is 11.3 Å². The molecule has 0 unspecified atom stereocenters. The Balaban J connectivity index is 0.000000370. The largest absolute Gasteiger partial charge is 0.490 e. The van der Waals surface area contributed by atoms with Gasteiger partial charge in [-0.05, 0) is 56.7 Å². The monoisotopic (exact) mass is 431 g/mol. The minimum absolute atomic E-state index is 0.0314. The summed E-state index contributed by atoms with van der Waals surface area (Å²) in [5.41, 5.74) is 7.59. The number of carboxylic acids is 1. The number of thioether (sulfide) groups is 1. The van der Waals surface area contributed by atoms with E-state index in [2.05, 4.69) is 9.97 Å². The molecule has 4 N–H and O–H groups in total. The van der Waals surface area contributed by atoms with E-state index in [1.54, 1.807) is 0 Å². The van der Waals surface area contributed by atoms with Crippen molar-refractivity contribution in [2.75, 3.05) is 6.54 Å². The molecule has 1 heterocycles. The molecule has 0 bridgehead atoms. The Labute approximate surface area is 170 Å².